The van der Waals surface area contributed by atoms with E-state index in [1.165, 1.54) is 38.6 Å². The number of piperidine rings is 1. The molecule has 0 atom stereocenters. The van der Waals surface area contributed by atoms with Crippen molar-refractivity contribution < 1.29 is 14.3 Å². The van der Waals surface area contributed by atoms with Gasteiger partial charge in [0.15, 0.2) is 0 Å². The summed E-state index contributed by atoms with van der Waals surface area (Å²) in [6, 6.07) is 10.3. The minimum atomic E-state index is -0.0806. The van der Waals surface area contributed by atoms with Gasteiger partial charge in [-0.15, -0.1) is 0 Å². The molecule has 0 bridgehead atoms. The molecule has 0 radical (unpaired) electrons. The number of esters is 1. The molecule has 1 aromatic carbocycles. The molecule has 0 N–H and O–H groups in total. The third-order valence-corrected chi connectivity index (χ3v) is 4.80. The predicted octanol–water partition coefficient (Wildman–Crippen LogP) is 3.65. The Labute approximate surface area is 146 Å². The lowest BCUT2D eigenvalue weighted by atomic mass is 9.91. The van der Waals surface area contributed by atoms with Crippen LogP contribution in [-0.2, 0) is 20.9 Å². The van der Waals surface area contributed by atoms with Gasteiger partial charge in [0.05, 0.1) is 13.7 Å². The van der Waals surface area contributed by atoms with Crippen LogP contribution in [0.5, 0.6) is 0 Å². The van der Waals surface area contributed by atoms with Crippen LogP contribution in [0.4, 0.5) is 0 Å². The smallest absolute Gasteiger partial charge is 0.305 e. The molecule has 0 unspecified atom stereocenters. The average molecular weight is 333 g/mol. The van der Waals surface area contributed by atoms with Crippen molar-refractivity contribution in [1.29, 1.82) is 0 Å². The lowest BCUT2D eigenvalue weighted by Crippen LogP contribution is -2.34. The SMILES string of the molecule is COC(=O)CCCC1CCN(CCCOCc2ccccc2)CC1. The summed E-state index contributed by atoms with van der Waals surface area (Å²) in [4.78, 5) is 13.7. The first-order chi connectivity index (χ1) is 11.8. The molecular formula is C20H31NO3. The lowest BCUT2D eigenvalue weighted by molar-refractivity contribution is -0.140. The summed E-state index contributed by atoms with van der Waals surface area (Å²) < 4.78 is 10.4. The van der Waals surface area contributed by atoms with Crippen molar-refractivity contribution in [1.82, 2.24) is 4.90 Å². The van der Waals surface area contributed by atoms with E-state index < -0.39 is 0 Å². The number of carbonyl (C=O) groups excluding carboxylic acids is 1. The standard InChI is InChI=1S/C20H31NO3/c1-23-20(22)10-5-9-18-11-14-21(15-12-18)13-6-16-24-17-19-7-3-2-4-8-19/h2-4,7-8,18H,5-6,9-17H2,1H3. The van der Waals surface area contributed by atoms with Gasteiger partial charge in [-0.1, -0.05) is 30.3 Å². The number of hydrogen-bond acceptors (Lipinski definition) is 4. The average Bonchev–Trinajstić information content (AvgIpc) is 2.63. The van der Waals surface area contributed by atoms with Crippen molar-refractivity contribution in [3.8, 4) is 0 Å². The largest absolute Gasteiger partial charge is 0.469 e. The Morgan fingerprint density at radius 3 is 2.62 bits per heavy atom. The lowest BCUT2D eigenvalue weighted by Gasteiger charge is -2.31. The van der Waals surface area contributed by atoms with Gasteiger partial charge in [0, 0.05) is 19.6 Å². The number of rotatable bonds is 10. The summed E-state index contributed by atoms with van der Waals surface area (Å²) in [6.45, 7) is 5.03. The minimum absolute atomic E-state index is 0.0806. The summed E-state index contributed by atoms with van der Waals surface area (Å²) in [5.41, 5.74) is 1.24. The quantitative estimate of drug-likeness (QED) is 0.484. The normalized spacial score (nSPS) is 16.2. The number of ether oxygens (including phenoxy) is 2. The van der Waals surface area contributed by atoms with Crippen LogP contribution < -0.4 is 0 Å². The molecule has 24 heavy (non-hydrogen) atoms. The first kappa shape index (κ1) is 18.9. The fraction of sp³-hybridized carbons (Fsp3) is 0.650. The third kappa shape index (κ3) is 7.45. The molecular weight excluding hydrogens is 302 g/mol. The van der Waals surface area contributed by atoms with E-state index in [2.05, 4.69) is 17.0 Å². The predicted molar refractivity (Wildman–Crippen MR) is 95.7 cm³/mol. The van der Waals surface area contributed by atoms with Crippen LogP contribution >= 0.6 is 0 Å². The molecule has 0 aliphatic carbocycles. The topological polar surface area (TPSA) is 38.8 Å². The van der Waals surface area contributed by atoms with E-state index in [1.54, 1.807) is 0 Å². The van der Waals surface area contributed by atoms with Gasteiger partial charge in [-0.2, -0.15) is 0 Å². The highest BCUT2D eigenvalue weighted by Crippen LogP contribution is 2.22. The Balaban J connectivity index is 1.47. The molecule has 2 rings (SSSR count). The van der Waals surface area contributed by atoms with Crippen LogP contribution in [0.15, 0.2) is 30.3 Å². The van der Waals surface area contributed by atoms with E-state index >= 15 is 0 Å². The van der Waals surface area contributed by atoms with E-state index in [9.17, 15) is 4.79 Å². The van der Waals surface area contributed by atoms with E-state index in [-0.39, 0.29) is 5.97 Å². The maximum absolute atomic E-state index is 11.1. The number of methoxy groups -OCH3 is 1. The Morgan fingerprint density at radius 1 is 1.17 bits per heavy atom. The van der Waals surface area contributed by atoms with Gasteiger partial charge in [0.1, 0.15) is 0 Å². The van der Waals surface area contributed by atoms with Crippen molar-refractivity contribution in [2.45, 2.75) is 45.1 Å². The number of nitrogens with zero attached hydrogens (tertiary/aromatic N) is 1. The zero-order valence-corrected chi connectivity index (χ0v) is 14.9. The molecule has 1 aliphatic rings. The van der Waals surface area contributed by atoms with Crippen molar-refractivity contribution in [2.24, 2.45) is 5.92 Å². The second-order valence-electron chi connectivity index (χ2n) is 6.65. The maximum Gasteiger partial charge on any atom is 0.305 e. The molecule has 1 fully saturated rings. The monoisotopic (exact) mass is 333 g/mol. The molecule has 1 aliphatic heterocycles. The molecule has 0 spiro atoms. The zero-order chi connectivity index (χ0) is 17.0. The van der Waals surface area contributed by atoms with E-state index in [0.29, 0.717) is 13.0 Å². The Bertz CT molecular complexity index is 455. The van der Waals surface area contributed by atoms with Gasteiger partial charge in [-0.25, -0.2) is 0 Å². The number of benzene rings is 1. The van der Waals surface area contributed by atoms with E-state index in [0.717, 1.165) is 38.3 Å². The van der Waals surface area contributed by atoms with Gasteiger partial charge in [0.2, 0.25) is 0 Å². The Kier molecular flexibility index (Phi) is 8.85. The van der Waals surface area contributed by atoms with Crippen molar-refractivity contribution in [3.05, 3.63) is 35.9 Å². The first-order valence-corrected chi connectivity index (χ1v) is 9.19. The van der Waals surface area contributed by atoms with Crippen LogP contribution in [0, 0.1) is 5.92 Å². The van der Waals surface area contributed by atoms with Crippen molar-refractivity contribution in [3.63, 3.8) is 0 Å². The van der Waals surface area contributed by atoms with Crippen LogP contribution in [0.25, 0.3) is 0 Å². The molecule has 0 aromatic heterocycles. The summed E-state index contributed by atoms with van der Waals surface area (Å²) >= 11 is 0. The van der Waals surface area contributed by atoms with Crippen LogP contribution in [0.2, 0.25) is 0 Å². The van der Waals surface area contributed by atoms with Crippen LogP contribution in [0.3, 0.4) is 0 Å². The van der Waals surface area contributed by atoms with Gasteiger partial charge >= 0.3 is 5.97 Å². The molecule has 1 saturated heterocycles. The summed E-state index contributed by atoms with van der Waals surface area (Å²) in [6.07, 6.45) is 6.29. The minimum Gasteiger partial charge on any atom is -0.469 e. The number of carbonyl (C=O) groups is 1. The molecule has 134 valence electrons. The van der Waals surface area contributed by atoms with E-state index in [1.807, 2.05) is 18.2 Å². The second kappa shape index (κ2) is 11.2. The van der Waals surface area contributed by atoms with Gasteiger partial charge < -0.3 is 14.4 Å². The Morgan fingerprint density at radius 2 is 1.92 bits per heavy atom. The molecule has 4 heteroatoms. The highest BCUT2D eigenvalue weighted by atomic mass is 16.5. The second-order valence-corrected chi connectivity index (χ2v) is 6.65. The highest BCUT2D eigenvalue weighted by Gasteiger charge is 2.18. The maximum atomic E-state index is 11.1. The number of likely N-dealkylation sites (tertiary alicyclic amines) is 1. The molecule has 1 aromatic rings. The first-order valence-electron chi connectivity index (χ1n) is 9.19. The molecule has 4 nitrogen and oxygen atoms in total. The van der Waals surface area contributed by atoms with Gasteiger partial charge in [-0.3, -0.25) is 4.79 Å². The fourth-order valence-corrected chi connectivity index (χ4v) is 3.29. The summed E-state index contributed by atoms with van der Waals surface area (Å²) in [5, 5.41) is 0. The van der Waals surface area contributed by atoms with Gasteiger partial charge in [-0.05, 0) is 56.7 Å². The third-order valence-electron chi connectivity index (χ3n) is 4.80. The van der Waals surface area contributed by atoms with Crippen LogP contribution in [0.1, 0.15) is 44.1 Å². The van der Waals surface area contributed by atoms with Crippen LogP contribution in [-0.4, -0.2) is 44.2 Å². The zero-order valence-electron chi connectivity index (χ0n) is 14.9. The Hall–Kier alpha value is -1.39. The number of hydrogen-bond donors (Lipinski definition) is 0. The summed E-state index contributed by atoms with van der Waals surface area (Å²) in [7, 11) is 1.46. The molecule has 0 amide bonds. The highest BCUT2D eigenvalue weighted by molar-refractivity contribution is 5.68. The van der Waals surface area contributed by atoms with Crippen molar-refractivity contribution in [2.75, 3.05) is 33.4 Å². The van der Waals surface area contributed by atoms with E-state index in [4.69, 9.17) is 9.47 Å². The molecule has 0 saturated carbocycles. The van der Waals surface area contributed by atoms with Crippen molar-refractivity contribution >= 4 is 5.97 Å². The fourth-order valence-electron chi connectivity index (χ4n) is 3.29. The van der Waals surface area contributed by atoms with Gasteiger partial charge in [0.25, 0.3) is 0 Å². The molecule has 1 heterocycles. The summed E-state index contributed by atoms with van der Waals surface area (Å²) in [5.74, 6) is 0.697.